The number of hydrogen-bond acceptors (Lipinski definition) is 3. The number of nitrogens with zero attached hydrogens (tertiary/aromatic N) is 1. The van der Waals surface area contributed by atoms with Gasteiger partial charge in [0.25, 0.3) is 0 Å². The van der Waals surface area contributed by atoms with Crippen LogP contribution in [0.1, 0.15) is 57.1 Å². The van der Waals surface area contributed by atoms with Crippen LogP contribution < -0.4 is 0 Å². The van der Waals surface area contributed by atoms with Crippen LogP contribution in [0, 0.1) is 17.2 Å². The number of aryl methyl sites for hydroxylation is 1. The van der Waals surface area contributed by atoms with E-state index in [9.17, 15) is 0 Å². The van der Waals surface area contributed by atoms with Gasteiger partial charge in [-0.1, -0.05) is 56.8 Å². The van der Waals surface area contributed by atoms with Gasteiger partial charge in [-0.3, -0.25) is 0 Å². The summed E-state index contributed by atoms with van der Waals surface area (Å²) in [7, 11) is 0. The minimum Gasteiger partial charge on any atom is -0.487 e. The molecule has 0 bridgehead atoms. The number of nitriles is 1. The van der Waals surface area contributed by atoms with Crippen molar-refractivity contribution in [1.29, 1.82) is 5.26 Å². The monoisotopic (exact) mass is 337 g/mol. The Hall–Kier alpha value is -1.11. The lowest BCUT2D eigenvalue weighted by atomic mass is 10.0. The number of ether oxygens (including phenoxy) is 1. The van der Waals surface area contributed by atoms with Crippen molar-refractivity contribution in [2.75, 3.05) is 6.61 Å². The van der Waals surface area contributed by atoms with E-state index < -0.39 is 0 Å². The Morgan fingerprint density at radius 3 is 2.82 bits per heavy atom. The molecule has 0 aliphatic heterocycles. The lowest BCUT2D eigenvalue weighted by Gasteiger charge is -2.16. The first kappa shape index (κ1) is 18.9. The Balaban J connectivity index is 2.42. The fraction of sp³-hybridized carbons (Fsp3) is 0.556. The van der Waals surface area contributed by atoms with Gasteiger partial charge in [0.15, 0.2) is 5.05 Å². The van der Waals surface area contributed by atoms with Gasteiger partial charge in [-0.25, -0.2) is 0 Å². The maximum atomic E-state index is 8.98. The normalized spacial score (nSPS) is 11.7. The second-order valence-corrected chi connectivity index (χ2v) is 6.32. The van der Waals surface area contributed by atoms with Crippen LogP contribution in [0.25, 0.3) is 0 Å². The Kier molecular flexibility index (Phi) is 9.11. The third-order valence-electron chi connectivity index (χ3n) is 3.82. The molecule has 0 aliphatic carbocycles. The van der Waals surface area contributed by atoms with Crippen LogP contribution in [-0.2, 0) is 11.2 Å². The van der Waals surface area contributed by atoms with E-state index in [0.717, 1.165) is 12.0 Å². The highest BCUT2D eigenvalue weighted by atomic mass is 35.5. The number of halogens is 1. The summed E-state index contributed by atoms with van der Waals surface area (Å²) in [5.41, 5.74) is 1.46. The highest BCUT2D eigenvalue weighted by Gasteiger charge is 2.10. The number of thiocarbonyl (C=S) groups is 1. The molecule has 0 amide bonds. The highest BCUT2D eigenvalue weighted by Crippen LogP contribution is 2.22. The van der Waals surface area contributed by atoms with Crippen LogP contribution in [0.5, 0.6) is 0 Å². The summed E-state index contributed by atoms with van der Waals surface area (Å²) >= 11 is 11.5. The van der Waals surface area contributed by atoms with Gasteiger partial charge in [0.2, 0.25) is 0 Å². The molecule has 4 heteroatoms. The van der Waals surface area contributed by atoms with Crippen molar-refractivity contribution in [3.8, 4) is 6.07 Å². The lowest BCUT2D eigenvalue weighted by Crippen LogP contribution is -2.13. The predicted octanol–water partition coefficient (Wildman–Crippen LogP) is 5.70. The third kappa shape index (κ3) is 6.34. The molecular formula is C18H24ClNOS. The maximum Gasteiger partial charge on any atom is 0.160 e. The van der Waals surface area contributed by atoms with E-state index in [-0.39, 0.29) is 0 Å². The topological polar surface area (TPSA) is 33.0 Å². The molecule has 1 aromatic rings. The van der Waals surface area contributed by atoms with E-state index in [4.69, 9.17) is 33.8 Å². The molecule has 2 nitrogen and oxygen atoms in total. The van der Waals surface area contributed by atoms with Crippen LogP contribution in [0.15, 0.2) is 18.2 Å². The summed E-state index contributed by atoms with van der Waals surface area (Å²) in [6.07, 6.45) is 6.15. The average Bonchev–Trinajstić information content (AvgIpc) is 2.54. The first-order chi connectivity index (χ1) is 10.6. The second kappa shape index (κ2) is 10.6. The SMILES string of the molecule is CCCCC(CC)COC(=S)CCc1cccc(C#N)c1Cl. The molecule has 0 radical (unpaired) electrons. The van der Waals surface area contributed by atoms with Gasteiger partial charge in [0.05, 0.1) is 17.2 Å². The summed E-state index contributed by atoms with van der Waals surface area (Å²) in [6.45, 7) is 5.11. The zero-order valence-corrected chi connectivity index (χ0v) is 15.0. The van der Waals surface area contributed by atoms with Crippen molar-refractivity contribution in [2.24, 2.45) is 5.92 Å². The van der Waals surface area contributed by atoms with Crippen molar-refractivity contribution in [2.45, 2.75) is 52.4 Å². The van der Waals surface area contributed by atoms with Crippen LogP contribution in [0.3, 0.4) is 0 Å². The van der Waals surface area contributed by atoms with Crippen molar-refractivity contribution < 1.29 is 4.74 Å². The number of unbranched alkanes of at least 4 members (excludes halogenated alkanes) is 1. The molecule has 1 unspecified atom stereocenters. The van der Waals surface area contributed by atoms with Crippen LogP contribution >= 0.6 is 23.8 Å². The van der Waals surface area contributed by atoms with Crippen molar-refractivity contribution >= 4 is 28.9 Å². The van der Waals surface area contributed by atoms with Crippen LogP contribution in [0.2, 0.25) is 5.02 Å². The van der Waals surface area contributed by atoms with Gasteiger partial charge in [0, 0.05) is 6.42 Å². The maximum absolute atomic E-state index is 8.98. The molecule has 0 saturated carbocycles. The molecule has 0 aliphatic rings. The van der Waals surface area contributed by atoms with E-state index >= 15 is 0 Å². The van der Waals surface area contributed by atoms with Crippen molar-refractivity contribution in [3.63, 3.8) is 0 Å². The molecule has 0 heterocycles. The first-order valence-corrected chi connectivity index (χ1v) is 8.74. The molecule has 1 aromatic carbocycles. The van der Waals surface area contributed by atoms with Crippen LogP contribution in [0.4, 0.5) is 0 Å². The third-order valence-corrected chi connectivity index (χ3v) is 4.59. The minimum atomic E-state index is 0.511. The van der Waals surface area contributed by atoms with Gasteiger partial charge >= 0.3 is 0 Å². The van der Waals surface area contributed by atoms with Gasteiger partial charge in [0.1, 0.15) is 6.07 Å². The van der Waals surface area contributed by atoms with Crippen LogP contribution in [-0.4, -0.2) is 11.7 Å². The zero-order valence-electron chi connectivity index (χ0n) is 13.4. The number of rotatable bonds is 9. The van der Waals surface area contributed by atoms with Crippen molar-refractivity contribution in [1.82, 2.24) is 0 Å². The fourth-order valence-electron chi connectivity index (χ4n) is 2.28. The molecule has 0 saturated heterocycles. The zero-order chi connectivity index (χ0) is 16.4. The predicted molar refractivity (Wildman–Crippen MR) is 96.3 cm³/mol. The minimum absolute atomic E-state index is 0.511. The van der Waals surface area contributed by atoms with E-state index in [1.165, 1.54) is 19.3 Å². The van der Waals surface area contributed by atoms with Crippen molar-refractivity contribution in [3.05, 3.63) is 34.3 Å². The van der Waals surface area contributed by atoms with E-state index in [1.807, 2.05) is 12.1 Å². The van der Waals surface area contributed by atoms with E-state index in [2.05, 4.69) is 19.9 Å². The molecule has 0 aromatic heterocycles. The lowest BCUT2D eigenvalue weighted by molar-refractivity contribution is 0.223. The molecule has 22 heavy (non-hydrogen) atoms. The van der Waals surface area contributed by atoms with Gasteiger partial charge in [-0.2, -0.15) is 5.26 Å². The summed E-state index contributed by atoms with van der Waals surface area (Å²) in [5.74, 6) is 0.586. The molecule has 1 atom stereocenters. The molecular weight excluding hydrogens is 314 g/mol. The molecule has 0 fully saturated rings. The highest BCUT2D eigenvalue weighted by molar-refractivity contribution is 7.80. The summed E-state index contributed by atoms with van der Waals surface area (Å²) in [5, 5.41) is 10.1. The fourth-order valence-corrected chi connectivity index (χ4v) is 2.71. The van der Waals surface area contributed by atoms with E-state index in [0.29, 0.717) is 41.0 Å². The number of hydrogen-bond donors (Lipinski definition) is 0. The van der Waals surface area contributed by atoms with E-state index in [1.54, 1.807) is 6.07 Å². The molecule has 0 spiro atoms. The van der Waals surface area contributed by atoms with Gasteiger partial charge in [-0.05, 0) is 42.6 Å². The summed E-state index contributed by atoms with van der Waals surface area (Å²) in [6, 6.07) is 7.60. The Bertz CT molecular complexity index is 524. The molecule has 0 N–H and O–H groups in total. The second-order valence-electron chi connectivity index (χ2n) is 5.49. The summed E-state index contributed by atoms with van der Waals surface area (Å²) < 4.78 is 5.73. The number of benzene rings is 1. The van der Waals surface area contributed by atoms with Gasteiger partial charge < -0.3 is 4.74 Å². The average molecular weight is 338 g/mol. The standard InChI is InChI=1S/C18H24ClNOS/c1-3-5-7-14(4-2)13-21-17(22)11-10-15-8-6-9-16(12-20)18(15)19/h6,8-9,14H,3-5,7,10-11,13H2,1-2H3. The molecule has 1 rings (SSSR count). The Morgan fingerprint density at radius 2 is 2.18 bits per heavy atom. The Labute approximate surface area is 144 Å². The first-order valence-electron chi connectivity index (χ1n) is 7.95. The largest absolute Gasteiger partial charge is 0.487 e. The Morgan fingerprint density at radius 1 is 1.41 bits per heavy atom. The quantitative estimate of drug-likeness (QED) is 0.541. The molecule has 120 valence electrons. The smallest absolute Gasteiger partial charge is 0.160 e. The summed E-state index contributed by atoms with van der Waals surface area (Å²) in [4.78, 5) is 0. The van der Waals surface area contributed by atoms with Gasteiger partial charge in [-0.15, -0.1) is 0 Å².